The number of pyridine rings is 1. The molecule has 12 nitrogen and oxygen atoms in total. The van der Waals surface area contributed by atoms with Gasteiger partial charge in [-0.15, -0.1) is 0 Å². The molecule has 5 rings (SSSR count). The van der Waals surface area contributed by atoms with Gasteiger partial charge in [-0.25, -0.2) is 0 Å². The Morgan fingerprint density at radius 2 is 1.75 bits per heavy atom. The van der Waals surface area contributed by atoms with E-state index in [1.807, 2.05) is 43.3 Å². The summed E-state index contributed by atoms with van der Waals surface area (Å²) in [5, 5.41) is 2.85. The molecular weight excluding hydrogens is 566 g/mol. The maximum atomic E-state index is 13.4. The van der Waals surface area contributed by atoms with Crippen molar-refractivity contribution in [1.82, 2.24) is 14.8 Å². The van der Waals surface area contributed by atoms with Crippen molar-refractivity contribution in [2.24, 2.45) is 0 Å². The van der Waals surface area contributed by atoms with E-state index in [4.69, 9.17) is 18.6 Å². The average Bonchev–Trinajstić information content (AvgIpc) is 3.48. The molecule has 0 radical (unpaired) electrons. The van der Waals surface area contributed by atoms with Crippen molar-refractivity contribution in [2.45, 2.75) is 26.9 Å². The standard InChI is InChI=1S/C32H39N5O7/c1-3-43-31-26(9-10-28(34-31)36-15-13-35(14-16-36)23(2)38)33-30(39)25-22-44-27-11-12-37(32(40)29(25)27)17-18-41-19-20-42-21-24-7-5-4-6-8-24/h4-10,22H,3,11-21H2,1-2H3,(H,33,39). The number of benzene rings is 1. The molecule has 2 aromatic heterocycles. The van der Waals surface area contributed by atoms with Crippen LogP contribution in [0.3, 0.4) is 0 Å². The number of aromatic nitrogens is 1. The number of hydrogen-bond acceptors (Lipinski definition) is 9. The van der Waals surface area contributed by atoms with Gasteiger partial charge in [-0.1, -0.05) is 30.3 Å². The first kappa shape index (κ1) is 31.0. The normalized spacial score (nSPS) is 14.9. The van der Waals surface area contributed by atoms with Crippen LogP contribution in [-0.4, -0.2) is 98.2 Å². The molecule has 44 heavy (non-hydrogen) atoms. The van der Waals surface area contributed by atoms with Crippen molar-refractivity contribution in [3.8, 4) is 5.88 Å². The van der Waals surface area contributed by atoms with Crippen molar-refractivity contribution < 1.29 is 33.0 Å². The third kappa shape index (κ3) is 7.56. The van der Waals surface area contributed by atoms with E-state index in [1.165, 1.54) is 6.26 Å². The van der Waals surface area contributed by atoms with Gasteiger partial charge in [0.1, 0.15) is 23.5 Å². The smallest absolute Gasteiger partial charge is 0.259 e. The number of rotatable bonds is 13. The Morgan fingerprint density at radius 1 is 0.977 bits per heavy atom. The van der Waals surface area contributed by atoms with Gasteiger partial charge in [0.05, 0.1) is 44.2 Å². The second kappa shape index (κ2) is 14.8. The lowest BCUT2D eigenvalue weighted by atomic mass is 10.0. The molecule has 0 saturated carbocycles. The Kier molecular flexibility index (Phi) is 10.5. The summed E-state index contributed by atoms with van der Waals surface area (Å²) in [6.45, 7) is 8.92. The summed E-state index contributed by atoms with van der Waals surface area (Å²) < 4.78 is 22.7. The lowest BCUT2D eigenvalue weighted by Crippen LogP contribution is -2.48. The van der Waals surface area contributed by atoms with Gasteiger partial charge >= 0.3 is 0 Å². The first-order valence-electron chi connectivity index (χ1n) is 15.0. The first-order chi connectivity index (χ1) is 21.4. The summed E-state index contributed by atoms with van der Waals surface area (Å²) in [5.74, 6) is 0.783. The minimum absolute atomic E-state index is 0.0577. The zero-order valence-corrected chi connectivity index (χ0v) is 25.3. The number of carbonyl (C=O) groups excluding carboxylic acids is 3. The second-order valence-electron chi connectivity index (χ2n) is 10.5. The van der Waals surface area contributed by atoms with E-state index in [9.17, 15) is 14.4 Å². The van der Waals surface area contributed by atoms with Gasteiger partial charge in [0.25, 0.3) is 11.8 Å². The Labute approximate surface area is 256 Å². The summed E-state index contributed by atoms with van der Waals surface area (Å²) in [4.78, 5) is 48.6. The van der Waals surface area contributed by atoms with Crippen molar-refractivity contribution in [3.63, 3.8) is 0 Å². The maximum absolute atomic E-state index is 13.4. The molecule has 1 fully saturated rings. The summed E-state index contributed by atoms with van der Waals surface area (Å²) in [6.07, 6.45) is 1.84. The minimum Gasteiger partial charge on any atom is -0.476 e. The highest BCUT2D eigenvalue weighted by atomic mass is 16.5. The molecule has 12 heteroatoms. The van der Waals surface area contributed by atoms with Crippen LogP contribution in [0.25, 0.3) is 0 Å². The van der Waals surface area contributed by atoms with Gasteiger partial charge in [-0.05, 0) is 24.6 Å². The molecule has 2 aliphatic rings. The predicted octanol–water partition coefficient (Wildman–Crippen LogP) is 3.23. The largest absolute Gasteiger partial charge is 0.476 e. The fourth-order valence-corrected chi connectivity index (χ4v) is 5.24. The number of hydrogen-bond donors (Lipinski definition) is 1. The quantitative estimate of drug-likeness (QED) is 0.292. The molecule has 1 aromatic carbocycles. The van der Waals surface area contributed by atoms with Crippen LogP contribution in [0.2, 0.25) is 0 Å². The highest BCUT2D eigenvalue weighted by Crippen LogP contribution is 2.29. The summed E-state index contributed by atoms with van der Waals surface area (Å²) >= 11 is 0. The lowest BCUT2D eigenvalue weighted by molar-refractivity contribution is -0.129. The van der Waals surface area contributed by atoms with E-state index in [2.05, 4.69) is 15.2 Å². The van der Waals surface area contributed by atoms with Crippen LogP contribution in [0.1, 0.15) is 45.9 Å². The third-order valence-electron chi connectivity index (χ3n) is 7.63. The highest BCUT2D eigenvalue weighted by molar-refractivity contribution is 6.13. The number of amides is 3. The number of furan rings is 1. The number of nitrogens with zero attached hydrogens (tertiary/aromatic N) is 4. The molecule has 0 atom stereocenters. The predicted molar refractivity (Wildman–Crippen MR) is 163 cm³/mol. The lowest BCUT2D eigenvalue weighted by Gasteiger charge is -2.35. The molecule has 3 aromatic rings. The van der Waals surface area contributed by atoms with Crippen LogP contribution in [0, 0.1) is 0 Å². The first-order valence-corrected chi connectivity index (χ1v) is 15.0. The number of nitrogens with one attached hydrogen (secondary N) is 1. The monoisotopic (exact) mass is 605 g/mol. The summed E-state index contributed by atoms with van der Waals surface area (Å²) in [7, 11) is 0. The Morgan fingerprint density at radius 3 is 2.50 bits per heavy atom. The van der Waals surface area contributed by atoms with Crippen molar-refractivity contribution in [1.29, 1.82) is 0 Å². The molecule has 0 spiro atoms. The van der Waals surface area contributed by atoms with E-state index in [-0.39, 0.29) is 28.8 Å². The molecule has 1 saturated heterocycles. The topological polar surface area (TPSA) is 127 Å². The summed E-state index contributed by atoms with van der Waals surface area (Å²) in [6, 6.07) is 13.5. The molecule has 0 bridgehead atoms. The zero-order chi connectivity index (χ0) is 30.9. The van der Waals surface area contributed by atoms with Crippen molar-refractivity contribution in [3.05, 3.63) is 71.2 Å². The molecule has 234 valence electrons. The average molecular weight is 606 g/mol. The van der Waals surface area contributed by atoms with E-state index < -0.39 is 5.91 Å². The maximum Gasteiger partial charge on any atom is 0.259 e. The molecular formula is C32H39N5O7. The molecule has 0 aliphatic carbocycles. The fourth-order valence-electron chi connectivity index (χ4n) is 5.24. The Balaban J connectivity index is 1.15. The van der Waals surface area contributed by atoms with E-state index in [0.717, 1.165) is 5.56 Å². The Bertz CT molecular complexity index is 1440. The molecule has 2 aliphatic heterocycles. The van der Waals surface area contributed by atoms with Crippen molar-refractivity contribution in [2.75, 3.05) is 75.9 Å². The van der Waals surface area contributed by atoms with Crippen molar-refractivity contribution >= 4 is 29.2 Å². The van der Waals surface area contributed by atoms with Gasteiger partial charge < -0.3 is 38.6 Å². The van der Waals surface area contributed by atoms with Gasteiger partial charge in [0.2, 0.25) is 11.8 Å². The number of anilines is 2. The van der Waals surface area contributed by atoms with Crippen LogP contribution in [-0.2, 0) is 27.3 Å². The SMILES string of the molecule is CCOc1nc(N2CCN(C(C)=O)CC2)ccc1NC(=O)c1coc2c1C(=O)N(CCOCCOCc1ccccc1)CC2. The van der Waals surface area contributed by atoms with E-state index in [1.54, 1.807) is 22.8 Å². The van der Waals surface area contributed by atoms with Gasteiger partial charge in [0.15, 0.2) is 0 Å². The third-order valence-corrected chi connectivity index (χ3v) is 7.63. The molecule has 4 heterocycles. The van der Waals surface area contributed by atoms with Crippen LogP contribution in [0.5, 0.6) is 5.88 Å². The number of piperazine rings is 1. The number of ether oxygens (including phenoxy) is 3. The van der Waals surface area contributed by atoms with Gasteiger partial charge in [-0.2, -0.15) is 4.98 Å². The van der Waals surface area contributed by atoms with Crippen LogP contribution < -0.4 is 15.0 Å². The van der Waals surface area contributed by atoms with E-state index >= 15 is 0 Å². The molecule has 3 amide bonds. The van der Waals surface area contributed by atoms with Crippen LogP contribution in [0.15, 0.2) is 53.1 Å². The number of carbonyl (C=O) groups is 3. The second-order valence-corrected chi connectivity index (χ2v) is 10.5. The minimum atomic E-state index is -0.484. The highest BCUT2D eigenvalue weighted by Gasteiger charge is 2.33. The summed E-state index contributed by atoms with van der Waals surface area (Å²) in [5.41, 5.74) is 1.92. The Hall–Kier alpha value is -4.42. The molecule has 1 N–H and O–H groups in total. The fraction of sp³-hybridized carbons (Fsp3) is 0.438. The number of fused-ring (bicyclic) bond motifs is 1. The zero-order valence-electron chi connectivity index (χ0n) is 25.3. The van der Waals surface area contributed by atoms with Crippen LogP contribution in [0.4, 0.5) is 11.5 Å². The van der Waals surface area contributed by atoms with Gasteiger partial charge in [-0.3, -0.25) is 14.4 Å². The molecule has 0 unspecified atom stereocenters. The van der Waals surface area contributed by atoms with Gasteiger partial charge in [0, 0.05) is 52.6 Å². The van der Waals surface area contributed by atoms with E-state index in [0.29, 0.717) is 96.0 Å². The van der Waals surface area contributed by atoms with Crippen LogP contribution >= 0.6 is 0 Å².